The Morgan fingerprint density at radius 1 is 1.10 bits per heavy atom. The largest absolute Gasteiger partial charge is 0.369 e. The van der Waals surface area contributed by atoms with Crippen molar-refractivity contribution in [3.63, 3.8) is 0 Å². The van der Waals surface area contributed by atoms with E-state index in [2.05, 4.69) is 19.2 Å². The molecule has 2 atom stereocenters. The van der Waals surface area contributed by atoms with Crippen molar-refractivity contribution in [2.45, 2.75) is 45.2 Å². The number of nitrogens with one attached hydrogen (secondary N) is 1. The van der Waals surface area contributed by atoms with Gasteiger partial charge in [0.2, 0.25) is 0 Å². The first-order valence-corrected chi connectivity index (χ1v) is 7.16. The molecule has 2 rings (SSSR count). The third-order valence-electron chi connectivity index (χ3n) is 3.92. The van der Waals surface area contributed by atoms with Gasteiger partial charge in [-0.25, -0.2) is 13.2 Å². The highest BCUT2D eigenvalue weighted by atomic mass is 19.2. The topological polar surface area (TPSA) is 15.3 Å². The van der Waals surface area contributed by atoms with Gasteiger partial charge in [-0.1, -0.05) is 6.92 Å². The van der Waals surface area contributed by atoms with Gasteiger partial charge >= 0.3 is 0 Å². The molecule has 0 amide bonds. The smallest absolute Gasteiger partial charge is 0.161 e. The molecule has 20 heavy (non-hydrogen) atoms. The maximum absolute atomic E-state index is 13.9. The molecule has 0 bridgehead atoms. The molecule has 112 valence electrons. The van der Waals surface area contributed by atoms with E-state index < -0.39 is 17.5 Å². The van der Waals surface area contributed by atoms with Gasteiger partial charge in [0, 0.05) is 37.3 Å². The Balaban J connectivity index is 2.20. The fraction of sp³-hybridized carbons (Fsp3) is 0.600. The Bertz CT molecular complexity index is 465. The maximum Gasteiger partial charge on any atom is 0.161 e. The third kappa shape index (κ3) is 3.45. The minimum Gasteiger partial charge on any atom is -0.369 e. The molecule has 0 aliphatic carbocycles. The monoisotopic (exact) mass is 286 g/mol. The summed E-state index contributed by atoms with van der Waals surface area (Å²) >= 11 is 0. The second kappa shape index (κ2) is 6.48. The van der Waals surface area contributed by atoms with Crippen molar-refractivity contribution in [1.29, 1.82) is 0 Å². The Labute approximate surface area is 118 Å². The van der Waals surface area contributed by atoms with Crippen molar-refractivity contribution in [2.24, 2.45) is 0 Å². The molecule has 1 saturated heterocycles. The van der Waals surface area contributed by atoms with E-state index in [1.807, 2.05) is 4.90 Å². The minimum absolute atomic E-state index is 0.160. The number of anilines is 1. The van der Waals surface area contributed by atoms with E-state index in [9.17, 15) is 13.2 Å². The molecule has 5 heteroatoms. The summed E-state index contributed by atoms with van der Waals surface area (Å²) in [6.45, 7) is 5.47. The van der Waals surface area contributed by atoms with Gasteiger partial charge in [-0.05, 0) is 26.2 Å². The van der Waals surface area contributed by atoms with Gasteiger partial charge in [-0.2, -0.15) is 0 Å². The Hall–Kier alpha value is -1.23. The van der Waals surface area contributed by atoms with Crippen LogP contribution in [0.1, 0.15) is 33.1 Å². The molecule has 1 heterocycles. The predicted octanol–water partition coefficient (Wildman–Crippen LogP) is 3.46. The van der Waals surface area contributed by atoms with Crippen LogP contribution in [0.3, 0.4) is 0 Å². The van der Waals surface area contributed by atoms with Crippen LogP contribution in [0.2, 0.25) is 0 Å². The van der Waals surface area contributed by atoms with Crippen LogP contribution >= 0.6 is 0 Å². The number of hydrogen-bond acceptors (Lipinski definition) is 2. The zero-order valence-corrected chi connectivity index (χ0v) is 11.9. The van der Waals surface area contributed by atoms with E-state index in [0.717, 1.165) is 25.3 Å². The number of hydrogen-bond donors (Lipinski definition) is 1. The van der Waals surface area contributed by atoms with Gasteiger partial charge < -0.3 is 10.2 Å². The zero-order valence-electron chi connectivity index (χ0n) is 11.9. The highest BCUT2D eigenvalue weighted by Gasteiger charge is 2.21. The highest BCUT2D eigenvalue weighted by Crippen LogP contribution is 2.24. The summed E-state index contributed by atoms with van der Waals surface area (Å²) in [5.74, 6) is -2.83. The quantitative estimate of drug-likeness (QED) is 0.838. The first-order chi connectivity index (χ1) is 9.51. The lowest BCUT2D eigenvalue weighted by molar-refractivity contribution is 0.377. The molecule has 1 fully saturated rings. The van der Waals surface area contributed by atoms with Crippen molar-refractivity contribution in [1.82, 2.24) is 5.32 Å². The number of benzene rings is 1. The SMILES string of the molecule is CCC1CCN(c2cc(F)c(F)cc2F)CCC(C)N1. The molecule has 0 radical (unpaired) electrons. The lowest BCUT2D eigenvalue weighted by Gasteiger charge is -2.33. The van der Waals surface area contributed by atoms with Gasteiger partial charge in [-0.15, -0.1) is 0 Å². The van der Waals surface area contributed by atoms with E-state index in [-0.39, 0.29) is 5.69 Å². The van der Waals surface area contributed by atoms with Gasteiger partial charge in [-0.3, -0.25) is 0 Å². The molecule has 1 aliphatic rings. The van der Waals surface area contributed by atoms with Gasteiger partial charge in [0.1, 0.15) is 5.82 Å². The van der Waals surface area contributed by atoms with Crippen molar-refractivity contribution in [3.8, 4) is 0 Å². The van der Waals surface area contributed by atoms with Crippen LogP contribution in [0.4, 0.5) is 18.9 Å². The van der Waals surface area contributed by atoms with Crippen molar-refractivity contribution in [2.75, 3.05) is 18.0 Å². The number of nitrogens with zero attached hydrogens (tertiary/aromatic N) is 1. The minimum atomic E-state index is -1.14. The molecule has 2 nitrogen and oxygen atoms in total. The van der Waals surface area contributed by atoms with Crippen molar-refractivity contribution >= 4 is 5.69 Å². The highest BCUT2D eigenvalue weighted by molar-refractivity contribution is 5.48. The second-order valence-corrected chi connectivity index (χ2v) is 5.46. The van der Waals surface area contributed by atoms with Gasteiger partial charge in [0.25, 0.3) is 0 Å². The maximum atomic E-state index is 13.9. The van der Waals surface area contributed by atoms with E-state index in [1.165, 1.54) is 0 Å². The van der Waals surface area contributed by atoms with Crippen LogP contribution in [0.15, 0.2) is 12.1 Å². The summed E-state index contributed by atoms with van der Waals surface area (Å²) in [7, 11) is 0. The lowest BCUT2D eigenvalue weighted by atomic mass is 10.0. The summed E-state index contributed by atoms with van der Waals surface area (Å²) in [5.41, 5.74) is 0.160. The first-order valence-electron chi connectivity index (χ1n) is 7.16. The van der Waals surface area contributed by atoms with E-state index in [1.54, 1.807) is 0 Å². The van der Waals surface area contributed by atoms with E-state index in [0.29, 0.717) is 31.2 Å². The average molecular weight is 286 g/mol. The van der Waals surface area contributed by atoms with Crippen LogP contribution in [0, 0.1) is 17.5 Å². The van der Waals surface area contributed by atoms with Crippen LogP contribution in [-0.4, -0.2) is 25.2 Å². The fourth-order valence-corrected chi connectivity index (χ4v) is 2.66. The Kier molecular flexibility index (Phi) is 4.91. The van der Waals surface area contributed by atoms with Crippen LogP contribution in [-0.2, 0) is 0 Å². The molecular formula is C15H21F3N2. The number of halogens is 3. The Morgan fingerprint density at radius 2 is 1.75 bits per heavy atom. The standard InChI is InChI=1S/C15H21F3N2/c1-3-11-5-7-20(6-4-10(2)19-11)15-9-13(17)12(16)8-14(15)18/h8-11,19H,3-7H2,1-2H3. The van der Waals surface area contributed by atoms with Gasteiger partial charge in [0.05, 0.1) is 5.69 Å². The molecule has 1 aromatic rings. The molecule has 0 saturated carbocycles. The lowest BCUT2D eigenvalue weighted by Crippen LogP contribution is -2.44. The summed E-state index contributed by atoms with van der Waals surface area (Å²) in [4.78, 5) is 1.82. The molecule has 1 N–H and O–H groups in total. The molecular weight excluding hydrogens is 265 g/mol. The molecule has 1 aliphatic heterocycles. The zero-order chi connectivity index (χ0) is 14.7. The molecule has 2 unspecified atom stereocenters. The summed E-state index contributed by atoms with van der Waals surface area (Å²) in [6, 6.07) is 2.30. The van der Waals surface area contributed by atoms with Crippen LogP contribution in [0.5, 0.6) is 0 Å². The molecule has 1 aromatic carbocycles. The molecule has 0 spiro atoms. The van der Waals surface area contributed by atoms with Crippen LogP contribution < -0.4 is 10.2 Å². The van der Waals surface area contributed by atoms with E-state index in [4.69, 9.17) is 0 Å². The Morgan fingerprint density at radius 3 is 2.45 bits per heavy atom. The summed E-state index contributed by atoms with van der Waals surface area (Å²) in [5, 5.41) is 3.52. The van der Waals surface area contributed by atoms with Crippen LogP contribution in [0.25, 0.3) is 0 Å². The van der Waals surface area contributed by atoms with Crippen molar-refractivity contribution < 1.29 is 13.2 Å². The third-order valence-corrected chi connectivity index (χ3v) is 3.92. The van der Waals surface area contributed by atoms with E-state index >= 15 is 0 Å². The number of rotatable bonds is 2. The fourth-order valence-electron chi connectivity index (χ4n) is 2.66. The summed E-state index contributed by atoms with van der Waals surface area (Å²) in [6.07, 6.45) is 2.70. The van der Waals surface area contributed by atoms with Crippen molar-refractivity contribution in [3.05, 3.63) is 29.6 Å². The van der Waals surface area contributed by atoms with Gasteiger partial charge in [0.15, 0.2) is 11.6 Å². The average Bonchev–Trinajstić information content (AvgIpc) is 2.39. The summed E-state index contributed by atoms with van der Waals surface area (Å²) < 4.78 is 40.2. The molecule has 0 aromatic heterocycles. The first kappa shape index (κ1) is 15.2. The predicted molar refractivity (Wildman–Crippen MR) is 74.4 cm³/mol. The second-order valence-electron chi connectivity index (χ2n) is 5.46. The normalized spacial score (nSPS) is 24.4.